The first-order valence-corrected chi connectivity index (χ1v) is 6.66. The van der Waals surface area contributed by atoms with Gasteiger partial charge in [-0.2, -0.15) is 0 Å². The Morgan fingerprint density at radius 2 is 2.00 bits per heavy atom. The molecular formula is C13H26N2O. The zero-order chi connectivity index (χ0) is 12.0. The summed E-state index contributed by atoms with van der Waals surface area (Å²) in [6.07, 6.45) is 7.44. The van der Waals surface area contributed by atoms with E-state index in [2.05, 4.69) is 12.2 Å². The van der Waals surface area contributed by atoms with Crippen molar-refractivity contribution < 1.29 is 4.79 Å². The second-order valence-corrected chi connectivity index (χ2v) is 5.23. The van der Waals surface area contributed by atoms with Gasteiger partial charge in [-0.15, -0.1) is 0 Å². The molecule has 0 aromatic rings. The fourth-order valence-corrected chi connectivity index (χ4v) is 2.53. The lowest BCUT2D eigenvalue weighted by Gasteiger charge is -2.26. The number of nitrogens with one attached hydrogen (secondary N) is 1. The van der Waals surface area contributed by atoms with E-state index in [1.54, 1.807) is 0 Å². The fourth-order valence-electron chi connectivity index (χ4n) is 2.53. The summed E-state index contributed by atoms with van der Waals surface area (Å²) < 4.78 is 0. The summed E-state index contributed by atoms with van der Waals surface area (Å²) in [6.45, 7) is 5.26. The largest absolute Gasteiger partial charge is 0.368 e. The third kappa shape index (κ3) is 4.52. The van der Waals surface area contributed by atoms with Crippen molar-refractivity contribution in [1.29, 1.82) is 0 Å². The molecule has 3 N–H and O–H groups in total. The average Bonchev–Trinajstić information content (AvgIpc) is 2.26. The molecule has 1 saturated carbocycles. The van der Waals surface area contributed by atoms with Crippen LogP contribution < -0.4 is 11.1 Å². The van der Waals surface area contributed by atoms with Crippen LogP contribution in [0.3, 0.4) is 0 Å². The summed E-state index contributed by atoms with van der Waals surface area (Å²) in [5.41, 5.74) is 5.28. The molecule has 1 aliphatic rings. The molecule has 3 nitrogen and oxygen atoms in total. The number of amides is 1. The van der Waals surface area contributed by atoms with Crippen molar-refractivity contribution in [1.82, 2.24) is 5.32 Å². The lowest BCUT2D eigenvalue weighted by molar-refractivity contribution is -0.120. The van der Waals surface area contributed by atoms with E-state index >= 15 is 0 Å². The molecule has 0 bridgehead atoms. The molecule has 0 saturated heterocycles. The van der Waals surface area contributed by atoms with Gasteiger partial charge in [0, 0.05) is 0 Å². The summed E-state index contributed by atoms with van der Waals surface area (Å²) in [7, 11) is 0. The van der Waals surface area contributed by atoms with E-state index in [4.69, 9.17) is 5.73 Å². The molecule has 1 atom stereocenters. The van der Waals surface area contributed by atoms with Crippen LogP contribution in [0.2, 0.25) is 0 Å². The Hall–Kier alpha value is -0.570. The summed E-state index contributed by atoms with van der Waals surface area (Å²) in [6, 6.07) is -0.137. The van der Waals surface area contributed by atoms with Gasteiger partial charge in [-0.25, -0.2) is 0 Å². The molecule has 94 valence electrons. The van der Waals surface area contributed by atoms with Crippen LogP contribution in [0.1, 0.15) is 52.4 Å². The maximum atomic E-state index is 11.0. The highest BCUT2D eigenvalue weighted by Gasteiger charge is 2.18. The number of hydrogen-bond donors (Lipinski definition) is 2. The molecule has 1 rings (SSSR count). The normalized spacial score (nSPS) is 27.6. The molecule has 3 heteroatoms. The highest BCUT2D eigenvalue weighted by atomic mass is 16.1. The molecule has 0 aromatic carbocycles. The summed E-state index contributed by atoms with van der Waals surface area (Å²) in [4.78, 5) is 11.0. The van der Waals surface area contributed by atoms with E-state index < -0.39 is 0 Å². The van der Waals surface area contributed by atoms with Gasteiger partial charge < -0.3 is 11.1 Å². The molecule has 1 fully saturated rings. The molecular weight excluding hydrogens is 200 g/mol. The van der Waals surface area contributed by atoms with Gasteiger partial charge in [0.05, 0.1) is 6.04 Å². The standard InChI is InChI=1S/C13H26N2O/c1-3-12(13(14)16)15-9-8-11-6-4-10(2)5-7-11/h10-12,15H,3-9H2,1-2H3,(H2,14,16). The van der Waals surface area contributed by atoms with E-state index in [-0.39, 0.29) is 11.9 Å². The lowest BCUT2D eigenvalue weighted by Crippen LogP contribution is -2.41. The minimum atomic E-state index is -0.222. The summed E-state index contributed by atoms with van der Waals surface area (Å²) in [5, 5.41) is 3.25. The van der Waals surface area contributed by atoms with Crippen LogP contribution in [0.15, 0.2) is 0 Å². The minimum absolute atomic E-state index is 0.137. The number of hydrogen-bond acceptors (Lipinski definition) is 2. The Morgan fingerprint density at radius 1 is 1.38 bits per heavy atom. The van der Waals surface area contributed by atoms with Crippen LogP contribution in [0.25, 0.3) is 0 Å². The second kappa shape index (κ2) is 6.89. The minimum Gasteiger partial charge on any atom is -0.368 e. The van der Waals surface area contributed by atoms with Gasteiger partial charge >= 0.3 is 0 Å². The van der Waals surface area contributed by atoms with Crippen LogP contribution in [0.5, 0.6) is 0 Å². The van der Waals surface area contributed by atoms with Crippen LogP contribution in [0.4, 0.5) is 0 Å². The van der Waals surface area contributed by atoms with Gasteiger partial charge in [-0.3, -0.25) is 4.79 Å². The molecule has 1 unspecified atom stereocenters. The Kier molecular flexibility index (Phi) is 5.81. The van der Waals surface area contributed by atoms with Crippen molar-refractivity contribution >= 4 is 5.91 Å². The van der Waals surface area contributed by atoms with E-state index in [9.17, 15) is 4.79 Å². The quantitative estimate of drug-likeness (QED) is 0.728. The van der Waals surface area contributed by atoms with E-state index in [1.807, 2.05) is 6.92 Å². The first-order valence-electron chi connectivity index (χ1n) is 6.66. The molecule has 1 aliphatic carbocycles. The van der Waals surface area contributed by atoms with Crippen LogP contribution >= 0.6 is 0 Å². The van der Waals surface area contributed by atoms with Crippen molar-refractivity contribution in [3.05, 3.63) is 0 Å². The summed E-state index contributed by atoms with van der Waals surface area (Å²) in [5.74, 6) is 1.55. The van der Waals surface area contributed by atoms with Gasteiger partial charge in [0.15, 0.2) is 0 Å². The zero-order valence-electron chi connectivity index (χ0n) is 10.7. The summed E-state index contributed by atoms with van der Waals surface area (Å²) >= 11 is 0. The third-order valence-corrected chi connectivity index (χ3v) is 3.83. The highest BCUT2D eigenvalue weighted by molar-refractivity contribution is 5.79. The first-order chi connectivity index (χ1) is 7.63. The van der Waals surface area contributed by atoms with Gasteiger partial charge in [0.25, 0.3) is 0 Å². The van der Waals surface area contributed by atoms with Crippen LogP contribution in [-0.4, -0.2) is 18.5 Å². The van der Waals surface area contributed by atoms with Crippen molar-refractivity contribution in [2.75, 3.05) is 6.54 Å². The number of carbonyl (C=O) groups is 1. The predicted molar refractivity (Wildman–Crippen MR) is 67.0 cm³/mol. The Bertz CT molecular complexity index is 210. The predicted octanol–water partition coefficient (Wildman–Crippen LogP) is 2.06. The number of nitrogens with two attached hydrogens (primary N) is 1. The van der Waals surface area contributed by atoms with Gasteiger partial charge in [0.1, 0.15) is 0 Å². The third-order valence-electron chi connectivity index (χ3n) is 3.83. The second-order valence-electron chi connectivity index (χ2n) is 5.23. The van der Waals surface area contributed by atoms with E-state index in [0.717, 1.165) is 24.8 Å². The molecule has 1 amide bonds. The highest BCUT2D eigenvalue weighted by Crippen LogP contribution is 2.29. The van der Waals surface area contributed by atoms with Gasteiger partial charge in [0.2, 0.25) is 5.91 Å². The monoisotopic (exact) mass is 226 g/mol. The smallest absolute Gasteiger partial charge is 0.234 e. The first kappa shape index (κ1) is 13.5. The Morgan fingerprint density at radius 3 is 2.50 bits per heavy atom. The molecule has 0 spiro atoms. The average molecular weight is 226 g/mol. The van der Waals surface area contributed by atoms with Crippen molar-refractivity contribution in [2.24, 2.45) is 17.6 Å². The lowest BCUT2D eigenvalue weighted by atomic mass is 9.81. The number of carbonyl (C=O) groups excluding carboxylic acids is 1. The molecule has 0 radical (unpaired) electrons. The number of primary amides is 1. The maximum absolute atomic E-state index is 11.0. The molecule has 16 heavy (non-hydrogen) atoms. The van der Waals surface area contributed by atoms with Gasteiger partial charge in [-0.1, -0.05) is 39.5 Å². The van der Waals surface area contributed by atoms with Crippen molar-refractivity contribution in [3.63, 3.8) is 0 Å². The topological polar surface area (TPSA) is 55.1 Å². The molecule has 0 aliphatic heterocycles. The maximum Gasteiger partial charge on any atom is 0.234 e. The SMILES string of the molecule is CCC(NCCC1CCC(C)CC1)C(N)=O. The van der Waals surface area contributed by atoms with Crippen molar-refractivity contribution in [3.8, 4) is 0 Å². The zero-order valence-corrected chi connectivity index (χ0v) is 10.7. The van der Waals surface area contributed by atoms with Crippen LogP contribution in [0, 0.1) is 11.8 Å². The fraction of sp³-hybridized carbons (Fsp3) is 0.923. The van der Waals surface area contributed by atoms with E-state index in [0.29, 0.717) is 0 Å². The van der Waals surface area contributed by atoms with E-state index in [1.165, 1.54) is 32.1 Å². The Labute approximate surface area is 99.2 Å². The van der Waals surface area contributed by atoms with Gasteiger partial charge in [-0.05, 0) is 31.2 Å². The molecule has 0 heterocycles. The van der Waals surface area contributed by atoms with Crippen molar-refractivity contribution in [2.45, 2.75) is 58.4 Å². The Balaban J connectivity index is 2.12. The number of rotatable bonds is 6. The van der Waals surface area contributed by atoms with Crippen LogP contribution in [-0.2, 0) is 4.79 Å². The molecule has 0 aromatic heterocycles.